The van der Waals surface area contributed by atoms with Crippen LogP contribution in [0.15, 0.2) is 41.8 Å². The lowest BCUT2D eigenvalue weighted by Crippen LogP contribution is -2.34. The smallest absolute Gasteiger partial charge is 0.223 e. The van der Waals surface area contributed by atoms with Crippen molar-refractivity contribution >= 4 is 28.6 Å². The highest BCUT2D eigenvalue weighted by Crippen LogP contribution is 2.33. The van der Waals surface area contributed by atoms with Gasteiger partial charge in [0.15, 0.2) is 0 Å². The van der Waals surface area contributed by atoms with E-state index < -0.39 is 6.10 Å². The standard InChI is InChI=1S/C17H19NO2S2/c19-13(11-18-17(20)12-5-2-1-3-6-12)14-8-9-16(22-14)15-7-4-10-21-15/h1-2,4,7-10,12-13,19H,3,5-6,11H2,(H,18,20)/t12-,13-/m0/s1. The first-order valence-corrected chi connectivity index (χ1v) is 9.18. The van der Waals surface area contributed by atoms with Crippen LogP contribution in [-0.4, -0.2) is 17.6 Å². The first-order valence-electron chi connectivity index (χ1n) is 7.48. The Hall–Kier alpha value is -1.43. The van der Waals surface area contributed by atoms with Gasteiger partial charge in [-0.25, -0.2) is 0 Å². The Morgan fingerprint density at radius 2 is 2.23 bits per heavy atom. The fourth-order valence-electron chi connectivity index (χ4n) is 2.56. The van der Waals surface area contributed by atoms with Crippen molar-refractivity contribution in [2.24, 2.45) is 5.92 Å². The predicted octanol–water partition coefficient (Wildman–Crippen LogP) is 3.98. The van der Waals surface area contributed by atoms with Crippen LogP contribution < -0.4 is 5.32 Å². The van der Waals surface area contributed by atoms with Gasteiger partial charge >= 0.3 is 0 Å². The molecular weight excluding hydrogens is 314 g/mol. The highest BCUT2D eigenvalue weighted by Gasteiger charge is 2.20. The molecule has 0 aliphatic heterocycles. The van der Waals surface area contributed by atoms with Gasteiger partial charge in [0.25, 0.3) is 0 Å². The van der Waals surface area contributed by atoms with Crippen molar-refractivity contribution in [2.75, 3.05) is 6.54 Å². The molecule has 0 unspecified atom stereocenters. The van der Waals surface area contributed by atoms with Gasteiger partial charge in [0.05, 0.1) is 0 Å². The van der Waals surface area contributed by atoms with Crippen molar-refractivity contribution < 1.29 is 9.90 Å². The molecule has 2 N–H and O–H groups in total. The molecule has 0 radical (unpaired) electrons. The van der Waals surface area contributed by atoms with E-state index in [0.717, 1.165) is 29.0 Å². The molecule has 0 spiro atoms. The lowest BCUT2D eigenvalue weighted by Gasteiger charge is -2.18. The van der Waals surface area contributed by atoms with E-state index in [4.69, 9.17) is 0 Å². The van der Waals surface area contributed by atoms with Crippen LogP contribution in [0.2, 0.25) is 0 Å². The number of hydrogen-bond donors (Lipinski definition) is 2. The van der Waals surface area contributed by atoms with Crippen molar-refractivity contribution in [1.82, 2.24) is 5.32 Å². The van der Waals surface area contributed by atoms with Crippen LogP contribution in [0.4, 0.5) is 0 Å². The van der Waals surface area contributed by atoms with Crippen molar-refractivity contribution in [3.8, 4) is 9.75 Å². The van der Waals surface area contributed by atoms with Gasteiger partial charge in [-0.1, -0.05) is 18.2 Å². The van der Waals surface area contributed by atoms with Crippen molar-refractivity contribution in [3.63, 3.8) is 0 Å². The van der Waals surface area contributed by atoms with Crippen LogP contribution in [0, 0.1) is 5.92 Å². The van der Waals surface area contributed by atoms with E-state index in [1.165, 1.54) is 4.88 Å². The summed E-state index contributed by atoms with van der Waals surface area (Å²) in [6.07, 6.45) is 6.23. The van der Waals surface area contributed by atoms with E-state index in [0.29, 0.717) is 0 Å². The van der Waals surface area contributed by atoms with Crippen molar-refractivity contribution in [2.45, 2.75) is 25.4 Å². The second kappa shape index (κ2) is 7.22. The molecule has 0 fully saturated rings. The molecule has 1 aliphatic rings. The predicted molar refractivity (Wildman–Crippen MR) is 92.1 cm³/mol. The molecule has 0 saturated carbocycles. The molecule has 2 heterocycles. The average molecular weight is 333 g/mol. The maximum atomic E-state index is 12.1. The van der Waals surface area contributed by atoms with Crippen LogP contribution in [0.25, 0.3) is 9.75 Å². The maximum absolute atomic E-state index is 12.1. The Kier molecular flexibility index (Phi) is 5.08. The summed E-state index contributed by atoms with van der Waals surface area (Å²) in [5.74, 6) is 0.112. The number of hydrogen-bond acceptors (Lipinski definition) is 4. The molecular formula is C17H19NO2S2. The van der Waals surface area contributed by atoms with Gasteiger partial charge in [0, 0.05) is 27.1 Å². The number of carbonyl (C=O) groups excluding carboxylic acids is 1. The van der Waals surface area contributed by atoms with E-state index in [1.54, 1.807) is 22.7 Å². The Labute approximate surface area is 138 Å². The van der Waals surface area contributed by atoms with E-state index in [9.17, 15) is 9.90 Å². The maximum Gasteiger partial charge on any atom is 0.223 e. The second-order valence-electron chi connectivity index (χ2n) is 5.42. The fraction of sp³-hybridized carbons (Fsp3) is 0.353. The van der Waals surface area contributed by atoms with E-state index in [-0.39, 0.29) is 18.4 Å². The fourth-order valence-corrected chi connectivity index (χ4v) is 4.39. The van der Waals surface area contributed by atoms with Crippen molar-refractivity contribution in [3.05, 3.63) is 46.7 Å². The van der Waals surface area contributed by atoms with Gasteiger partial charge in [-0.05, 0) is 42.8 Å². The summed E-state index contributed by atoms with van der Waals surface area (Å²) in [4.78, 5) is 15.3. The second-order valence-corrected chi connectivity index (χ2v) is 7.48. The average Bonchev–Trinajstić information content (AvgIpc) is 3.23. The quantitative estimate of drug-likeness (QED) is 0.813. The first-order chi connectivity index (χ1) is 10.7. The summed E-state index contributed by atoms with van der Waals surface area (Å²) in [6.45, 7) is 0.281. The van der Waals surface area contributed by atoms with Crippen LogP contribution in [0.1, 0.15) is 30.2 Å². The van der Waals surface area contributed by atoms with Crippen LogP contribution in [-0.2, 0) is 4.79 Å². The number of rotatable bonds is 5. The number of aliphatic hydroxyl groups excluding tert-OH is 1. The van der Waals surface area contributed by atoms with Gasteiger partial charge in [0.1, 0.15) is 6.10 Å². The Balaban J connectivity index is 1.54. The van der Waals surface area contributed by atoms with Crippen LogP contribution in [0.5, 0.6) is 0 Å². The minimum atomic E-state index is -0.637. The number of carbonyl (C=O) groups is 1. The minimum Gasteiger partial charge on any atom is -0.386 e. The van der Waals surface area contributed by atoms with Crippen LogP contribution in [0.3, 0.4) is 0 Å². The zero-order valence-electron chi connectivity index (χ0n) is 12.2. The molecule has 2 aromatic rings. The number of amides is 1. The molecule has 1 amide bonds. The molecule has 3 rings (SSSR count). The minimum absolute atomic E-state index is 0.0541. The summed E-state index contributed by atoms with van der Waals surface area (Å²) in [5, 5.41) is 15.2. The molecule has 2 atom stereocenters. The highest BCUT2D eigenvalue weighted by molar-refractivity contribution is 7.21. The van der Waals surface area contributed by atoms with Gasteiger partial charge in [-0.15, -0.1) is 22.7 Å². The summed E-state index contributed by atoms with van der Waals surface area (Å²) in [6, 6.07) is 8.07. The van der Waals surface area contributed by atoms with Crippen LogP contribution >= 0.6 is 22.7 Å². The molecule has 5 heteroatoms. The molecule has 3 nitrogen and oxygen atoms in total. The summed E-state index contributed by atoms with van der Waals surface area (Å²) in [5.41, 5.74) is 0. The van der Waals surface area contributed by atoms with Crippen molar-refractivity contribution in [1.29, 1.82) is 0 Å². The zero-order chi connectivity index (χ0) is 15.4. The Bertz CT molecular complexity index is 645. The molecule has 22 heavy (non-hydrogen) atoms. The lowest BCUT2D eigenvalue weighted by molar-refractivity contribution is -0.125. The number of allylic oxidation sites excluding steroid dienone is 2. The molecule has 1 aliphatic carbocycles. The molecule has 116 valence electrons. The SMILES string of the molecule is O=C(NC[C@H](O)c1ccc(-c2cccs2)s1)[C@H]1CC=CCC1. The molecule has 0 saturated heterocycles. The lowest BCUT2D eigenvalue weighted by atomic mass is 9.93. The molecule has 2 aromatic heterocycles. The topological polar surface area (TPSA) is 49.3 Å². The highest BCUT2D eigenvalue weighted by atomic mass is 32.1. The number of thiophene rings is 2. The summed E-state index contributed by atoms with van der Waals surface area (Å²) in [7, 11) is 0. The largest absolute Gasteiger partial charge is 0.386 e. The van der Waals surface area contributed by atoms with E-state index >= 15 is 0 Å². The monoisotopic (exact) mass is 333 g/mol. The number of nitrogens with one attached hydrogen (secondary N) is 1. The third-order valence-corrected chi connectivity index (χ3v) is 6.08. The summed E-state index contributed by atoms with van der Waals surface area (Å²) < 4.78 is 0. The third kappa shape index (κ3) is 3.66. The zero-order valence-corrected chi connectivity index (χ0v) is 13.8. The Morgan fingerprint density at radius 3 is 2.95 bits per heavy atom. The van der Waals surface area contributed by atoms with Gasteiger partial charge in [0.2, 0.25) is 5.91 Å². The normalized spacial score (nSPS) is 19.0. The summed E-state index contributed by atoms with van der Waals surface area (Å²) >= 11 is 3.27. The first kappa shape index (κ1) is 15.5. The van der Waals surface area contributed by atoms with Gasteiger partial charge < -0.3 is 10.4 Å². The third-order valence-electron chi connectivity index (χ3n) is 3.83. The van der Waals surface area contributed by atoms with Gasteiger partial charge in [-0.2, -0.15) is 0 Å². The molecule has 0 aromatic carbocycles. The van der Waals surface area contributed by atoms with Gasteiger partial charge in [-0.3, -0.25) is 4.79 Å². The number of aliphatic hydroxyl groups is 1. The van der Waals surface area contributed by atoms with E-state index in [1.807, 2.05) is 23.6 Å². The van der Waals surface area contributed by atoms with E-state index in [2.05, 4.69) is 23.5 Å². The Morgan fingerprint density at radius 1 is 1.32 bits per heavy atom. The molecule has 0 bridgehead atoms.